The molecule has 0 bridgehead atoms. The normalized spacial score (nSPS) is 16.6. The minimum Gasteiger partial charge on any atom is -0.489 e. The molecule has 1 N–H and O–H groups in total. The van der Waals surface area contributed by atoms with Gasteiger partial charge in [0, 0.05) is 43.5 Å². The maximum absolute atomic E-state index is 12.6. The lowest BCUT2D eigenvalue weighted by Gasteiger charge is -2.32. The Balaban J connectivity index is 1.30. The molecular formula is C22H24ClN3O4. The summed E-state index contributed by atoms with van der Waals surface area (Å²) in [5.74, 6) is 1.07. The summed E-state index contributed by atoms with van der Waals surface area (Å²) in [4.78, 5) is 30.8. The largest absolute Gasteiger partial charge is 0.489 e. The molecule has 1 fully saturated rings. The highest BCUT2D eigenvalue weighted by Crippen LogP contribution is 2.38. The smallest absolute Gasteiger partial charge is 0.253 e. The van der Waals surface area contributed by atoms with E-state index in [1.165, 1.54) is 0 Å². The van der Waals surface area contributed by atoms with Gasteiger partial charge in [0.2, 0.25) is 5.91 Å². The predicted octanol–water partition coefficient (Wildman–Crippen LogP) is 2.86. The van der Waals surface area contributed by atoms with Gasteiger partial charge in [-0.2, -0.15) is 0 Å². The van der Waals surface area contributed by atoms with Crippen LogP contribution in [-0.4, -0.2) is 54.0 Å². The van der Waals surface area contributed by atoms with E-state index in [0.717, 1.165) is 24.8 Å². The van der Waals surface area contributed by atoms with Gasteiger partial charge in [0.1, 0.15) is 0 Å². The number of piperidine rings is 1. The summed E-state index contributed by atoms with van der Waals surface area (Å²) < 4.78 is 11.3. The van der Waals surface area contributed by atoms with Crippen molar-refractivity contribution in [1.29, 1.82) is 0 Å². The number of hydrogen-bond donors (Lipinski definition) is 1. The molecule has 7 nitrogen and oxygen atoms in total. The number of benzene rings is 1. The van der Waals surface area contributed by atoms with Gasteiger partial charge in [-0.15, -0.1) is 0 Å². The highest BCUT2D eigenvalue weighted by Gasteiger charge is 2.25. The summed E-state index contributed by atoms with van der Waals surface area (Å²) in [6, 6.07) is 7.06. The average Bonchev–Trinajstić information content (AvgIpc) is 3.00. The van der Waals surface area contributed by atoms with E-state index < -0.39 is 0 Å². The molecule has 0 radical (unpaired) electrons. The Kier molecular flexibility index (Phi) is 6.38. The van der Waals surface area contributed by atoms with Crippen molar-refractivity contribution >= 4 is 23.4 Å². The van der Waals surface area contributed by atoms with Crippen LogP contribution in [0.1, 0.15) is 35.2 Å². The molecular weight excluding hydrogens is 406 g/mol. The molecule has 8 heteroatoms. The van der Waals surface area contributed by atoms with E-state index in [2.05, 4.69) is 10.3 Å². The van der Waals surface area contributed by atoms with Crippen LogP contribution in [0.2, 0.25) is 5.02 Å². The highest BCUT2D eigenvalue weighted by molar-refractivity contribution is 6.32. The topological polar surface area (TPSA) is 80.8 Å². The third-order valence-corrected chi connectivity index (χ3v) is 5.58. The Morgan fingerprint density at radius 1 is 1.13 bits per heavy atom. The molecule has 2 aliphatic rings. The number of halogens is 1. The molecule has 4 rings (SSSR count). The zero-order valence-corrected chi connectivity index (χ0v) is 17.4. The number of pyridine rings is 1. The number of ether oxygens (including phenoxy) is 2. The first-order valence-electron chi connectivity index (χ1n) is 10.2. The number of hydrogen-bond acceptors (Lipinski definition) is 5. The van der Waals surface area contributed by atoms with Crippen molar-refractivity contribution in [2.24, 2.45) is 0 Å². The monoisotopic (exact) mass is 429 g/mol. The Morgan fingerprint density at radius 2 is 1.87 bits per heavy atom. The summed E-state index contributed by atoms with van der Waals surface area (Å²) >= 11 is 6.31. The Bertz CT molecular complexity index is 914. The second-order valence-corrected chi connectivity index (χ2v) is 7.91. The number of nitrogens with zero attached hydrogens (tertiary/aromatic N) is 2. The van der Waals surface area contributed by atoms with Crippen molar-refractivity contribution in [3.8, 4) is 11.5 Å². The van der Waals surface area contributed by atoms with Gasteiger partial charge in [-0.25, -0.2) is 0 Å². The van der Waals surface area contributed by atoms with Gasteiger partial charge in [0.25, 0.3) is 5.91 Å². The van der Waals surface area contributed by atoms with Crippen LogP contribution in [0.25, 0.3) is 0 Å². The van der Waals surface area contributed by atoms with E-state index in [0.29, 0.717) is 48.4 Å². The maximum Gasteiger partial charge on any atom is 0.253 e. The summed E-state index contributed by atoms with van der Waals surface area (Å²) in [7, 11) is 0. The molecule has 1 aromatic heterocycles. The van der Waals surface area contributed by atoms with Crippen LogP contribution in [0, 0.1) is 0 Å². The van der Waals surface area contributed by atoms with Crippen LogP contribution in [0.3, 0.4) is 0 Å². The number of likely N-dealkylation sites (tertiary alicyclic amines) is 1. The number of aromatic nitrogens is 1. The van der Waals surface area contributed by atoms with E-state index in [1.54, 1.807) is 30.6 Å². The molecule has 1 aromatic carbocycles. The Morgan fingerprint density at radius 3 is 2.63 bits per heavy atom. The van der Waals surface area contributed by atoms with Gasteiger partial charge < -0.3 is 19.7 Å². The lowest BCUT2D eigenvalue weighted by molar-refractivity contribution is -0.121. The first kappa shape index (κ1) is 20.5. The molecule has 3 heterocycles. The fraction of sp³-hybridized carbons (Fsp3) is 0.409. The van der Waals surface area contributed by atoms with Crippen LogP contribution in [-0.2, 0) is 11.2 Å². The zero-order valence-electron chi connectivity index (χ0n) is 16.6. The van der Waals surface area contributed by atoms with Crippen LogP contribution >= 0.6 is 11.6 Å². The van der Waals surface area contributed by atoms with Gasteiger partial charge in [-0.05, 0) is 42.7 Å². The Labute approximate surface area is 180 Å². The van der Waals surface area contributed by atoms with E-state index in [9.17, 15) is 9.59 Å². The molecule has 0 atom stereocenters. The van der Waals surface area contributed by atoms with Gasteiger partial charge in [0.05, 0.1) is 24.7 Å². The van der Waals surface area contributed by atoms with E-state index in [-0.39, 0.29) is 24.3 Å². The van der Waals surface area contributed by atoms with Crippen LogP contribution in [0.15, 0.2) is 36.7 Å². The van der Waals surface area contributed by atoms with Gasteiger partial charge in [-0.1, -0.05) is 11.6 Å². The third-order valence-electron chi connectivity index (χ3n) is 5.30. The molecule has 30 heavy (non-hydrogen) atoms. The number of carbonyl (C=O) groups is 2. The number of amides is 2. The van der Waals surface area contributed by atoms with Crippen LogP contribution in [0.5, 0.6) is 11.5 Å². The summed E-state index contributed by atoms with van der Waals surface area (Å²) in [5, 5.41) is 3.53. The second-order valence-electron chi connectivity index (χ2n) is 7.50. The minimum absolute atomic E-state index is 0.00372. The van der Waals surface area contributed by atoms with E-state index in [1.807, 2.05) is 11.0 Å². The molecule has 2 amide bonds. The summed E-state index contributed by atoms with van der Waals surface area (Å²) in [6.07, 6.45) is 5.70. The standard InChI is InChI=1S/C22H24ClN3O4/c23-18-12-15(13-19-21(18)30-11-1-10-29-19)14-20(27)25-17-4-8-26(9-5-17)22(28)16-2-6-24-7-3-16/h2-3,6-7,12-13,17H,1,4-5,8-11,14H2,(H,25,27). The number of fused-ring (bicyclic) bond motifs is 1. The number of nitrogens with one attached hydrogen (secondary N) is 1. The lowest BCUT2D eigenvalue weighted by Crippen LogP contribution is -2.46. The lowest BCUT2D eigenvalue weighted by atomic mass is 10.0. The van der Waals surface area contributed by atoms with Crippen molar-refractivity contribution in [1.82, 2.24) is 15.2 Å². The molecule has 1 saturated heterocycles. The zero-order chi connectivity index (χ0) is 20.9. The van der Waals surface area contributed by atoms with Crippen molar-refractivity contribution in [3.05, 3.63) is 52.8 Å². The fourth-order valence-corrected chi connectivity index (χ4v) is 4.04. The molecule has 0 saturated carbocycles. The van der Waals surface area contributed by atoms with Crippen LogP contribution < -0.4 is 14.8 Å². The van der Waals surface area contributed by atoms with E-state index >= 15 is 0 Å². The van der Waals surface area contributed by atoms with Crippen LogP contribution in [0.4, 0.5) is 0 Å². The molecule has 0 spiro atoms. The summed E-state index contributed by atoms with van der Waals surface area (Å²) in [5.41, 5.74) is 1.42. The number of rotatable bonds is 4. The highest BCUT2D eigenvalue weighted by atomic mass is 35.5. The van der Waals surface area contributed by atoms with Gasteiger partial charge >= 0.3 is 0 Å². The van der Waals surface area contributed by atoms with Crippen molar-refractivity contribution in [2.45, 2.75) is 31.7 Å². The average molecular weight is 430 g/mol. The first-order valence-corrected chi connectivity index (χ1v) is 10.5. The molecule has 0 unspecified atom stereocenters. The first-order chi connectivity index (χ1) is 14.6. The molecule has 2 aromatic rings. The molecule has 2 aliphatic heterocycles. The van der Waals surface area contributed by atoms with Crippen molar-refractivity contribution in [3.63, 3.8) is 0 Å². The molecule has 158 valence electrons. The third kappa shape index (κ3) is 4.84. The minimum atomic E-state index is -0.0699. The molecule has 0 aliphatic carbocycles. The SMILES string of the molecule is O=C(Cc1cc(Cl)c2c(c1)OCCCO2)NC1CCN(C(=O)c2ccncc2)CC1. The second kappa shape index (κ2) is 9.34. The Hall–Kier alpha value is -2.80. The fourth-order valence-electron chi connectivity index (χ4n) is 3.75. The summed E-state index contributed by atoms with van der Waals surface area (Å²) in [6.45, 7) is 2.36. The van der Waals surface area contributed by atoms with Crippen molar-refractivity contribution in [2.75, 3.05) is 26.3 Å². The maximum atomic E-state index is 12.6. The van der Waals surface area contributed by atoms with Gasteiger partial charge in [-0.3, -0.25) is 14.6 Å². The van der Waals surface area contributed by atoms with E-state index in [4.69, 9.17) is 21.1 Å². The quantitative estimate of drug-likeness (QED) is 0.808. The number of carbonyl (C=O) groups excluding carboxylic acids is 2. The van der Waals surface area contributed by atoms with Gasteiger partial charge in [0.15, 0.2) is 11.5 Å². The van der Waals surface area contributed by atoms with Crippen molar-refractivity contribution < 1.29 is 19.1 Å². The predicted molar refractivity (Wildman–Crippen MR) is 112 cm³/mol.